The van der Waals surface area contributed by atoms with Crippen LogP contribution in [0.1, 0.15) is 12.0 Å². The minimum absolute atomic E-state index is 0.0553. The Balaban J connectivity index is 2.36. The molecule has 6 nitrogen and oxygen atoms in total. The molecule has 0 aliphatic rings. The summed E-state index contributed by atoms with van der Waals surface area (Å²) >= 11 is 0. The van der Waals surface area contributed by atoms with Gasteiger partial charge in [-0.05, 0) is 30.7 Å². The van der Waals surface area contributed by atoms with Gasteiger partial charge in [-0.2, -0.15) is 0 Å². The van der Waals surface area contributed by atoms with Crippen molar-refractivity contribution in [3.8, 4) is 5.75 Å². The fourth-order valence-corrected chi connectivity index (χ4v) is 2.67. The molecule has 0 spiro atoms. The maximum absolute atomic E-state index is 11.7. The average molecular weight is 315 g/mol. The first-order valence-corrected chi connectivity index (χ1v) is 8.48. The number of rotatable bonds is 9. The van der Waals surface area contributed by atoms with E-state index in [4.69, 9.17) is 10.5 Å². The topological polar surface area (TPSA) is 95.7 Å². The molecule has 0 bridgehead atoms. The zero-order chi connectivity index (χ0) is 15.7. The number of ether oxygens (including phenoxy) is 2. The summed E-state index contributed by atoms with van der Waals surface area (Å²) in [5, 5.41) is 0. The first-order valence-electron chi connectivity index (χ1n) is 6.66. The van der Waals surface area contributed by atoms with E-state index in [0.29, 0.717) is 12.3 Å². The largest absolute Gasteiger partial charge is 0.493 e. The molecule has 21 heavy (non-hydrogen) atoms. The molecule has 1 aromatic carbocycles. The molecule has 7 heteroatoms. The van der Waals surface area contributed by atoms with Crippen LogP contribution >= 0.6 is 0 Å². The van der Waals surface area contributed by atoms with Crippen molar-refractivity contribution in [2.45, 2.75) is 12.8 Å². The molecule has 0 aliphatic heterocycles. The summed E-state index contributed by atoms with van der Waals surface area (Å²) in [6.45, 7) is 0.637. The van der Waals surface area contributed by atoms with Gasteiger partial charge in [0.25, 0.3) is 0 Å². The lowest BCUT2D eigenvalue weighted by Gasteiger charge is -2.07. The normalized spacial score (nSPS) is 11.1. The van der Waals surface area contributed by atoms with Crippen molar-refractivity contribution < 1.29 is 22.7 Å². The van der Waals surface area contributed by atoms with Crippen LogP contribution in [-0.4, -0.2) is 46.2 Å². The molecule has 0 unspecified atom stereocenters. The van der Waals surface area contributed by atoms with Gasteiger partial charge in [0.15, 0.2) is 9.84 Å². The predicted molar refractivity (Wildman–Crippen MR) is 80.0 cm³/mol. The van der Waals surface area contributed by atoms with Crippen molar-refractivity contribution in [1.29, 1.82) is 0 Å². The summed E-state index contributed by atoms with van der Waals surface area (Å²) < 4.78 is 33.1. The van der Waals surface area contributed by atoms with Crippen molar-refractivity contribution in [2.24, 2.45) is 5.73 Å². The van der Waals surface area contributed by atoms with E-state index in [1.54, 1.807) is 12.1 Å². The van der Waals surface area contributed by atoms with Crippen molar-refractivity contribution in [2.75, 3.05) is 31.8 Å². The van der Waals surface area contributed by atoms with E-state index in [-0.39, 0.29) is 24.5 Å². The fourth-order valence-electron chi connectivity index (χ4n) is 1.65. The van der Waals surface area contributed by atoms with Crippen molar-refractivity contribution in [3.63, 3.8) is 0 Å². The zero-order valence-corrected chi connectivity index (χ0v) is 12.9. The van der Waals surface area contributed by atoms with E-state index in [1.165, 1.54) is 7.11 Å². The van der Waals surface area contributed by atoms with Crippen LogP contribution in [0, 0.1) is 0 Å². The van der Waals surface area contributed by atoms with Crippen molar-refractivity contribution in [1.82, 2.24) is 0 Å². The monoisotopic (exact) mass is 315 g/mol. The summed E-state index contributed by atoms with van der Waals surface area (Å²) in [5.41, 5.74) is 6.56. The lowest BCUT2D eigenvalue weighted by atomic mass is 10.1. The van der Waals surface area contributed by atoms with Crippen LogP contribution in [0.2, 0.25) is 0 Å². The standard InChI is InChI=1S/C14H21NO5S/c1-19-14(16)7-10-21(17,18)11-9-20-13-4-2-12(3-5-13)6-8-15/h2-5H,6-11,15H2,1H3. The SMILES string of the molecule is COC(=O)CCS(=O)(=O)CCOc1ccc(CCN)cc1. The van der Waals surface area contributed by atoms with Gasteiger partial charge in [-0.25, -0.2) is 8.42 Å². The number of benzene rings is 1. The smallest absolute Gasteiger partial charge is 0.306 e. The van der Waals surface area contributed by atoms with Crippen LogP contribution in [-0.2, 0) is 25.8 Å². The zero-order valence-electron chi connectivity index (χ0n) is 12.1. The fraction of sp³-hybridized carbons (Fsp3) is 0.500. The molecule has 0 aliphatic carbocycles. The first kappa shape index (κ1) is 17.5. The number of sulfone groups is 1. The number of hydrogen-bond acceptors (Lipinski definition) is 6. The number of carbonyl (C=O) groups excluding carboxylic acids is 1. The van der Waals surface area contributed by atoms with Crippen LogP contribution in [0.3, 0.4) is 0 Å². The molecule has 0 aromatic heterocycles. The van der Waals surface area contributed by atoms with Crippen LogP contribution in [0.5, 0.6) is 5.75 Å². The van der Waals surface area contributed by atoms with E-state index >= 15 is 0 Å². The molecule has 1 aromatic rings. The lowest BCUT2D eigenvalue weighted by molar-refractivity contribution is -0.140. The number of carbonyl (C=O) groups is 1. The van der Waals surface area contributed by atoms with E-state index < -0.39 is 15.8 Å². The van der Waals surface area contributed by atoms with Crippen molar-refractivity contribution in [3.05, 3.63) is 29.8 Å². The van der Waals surface area contributed by atoms with Gasteiger partial charge >= 0.3 is 5.97 Å². The van der Waals surface area contributed by atoms with Gasteiger partial charge in [-0.3, -0.25) is 4.79 Å². The van der Waals surface area contributed by atoms with Gasteiger partial charge in [-0.1, -0.05) is 12.1 Å². The molecular weight excluding hydrogens is 294 g/mol. The summed E-state index contributed by atoms with van der Waals surface area (Å²) in [7, 11) is -2.09. The summed E-state index contributed by atoms with van der Waals surface area (Å²) in [4.78, 5) is 10.9. The van der Waals surface area contributed by atoms with Gasteiger partial charge in [0, 0.05) is 0 Å². The Morgan fingerprint density at radius 3 is 2.43 bits per heavy atom. The Morgan fingerprint density at radius 1 is 1.19 bits per heavy atom. The highest BCUT2D eigenvalue weighted by Gasteiger charge is 2.14. The average Bonchev–Trinajstić information content (AvgIpc) is 2.47. The third-order valence-corrected chi connectivity index (χ3v) is 4.48. The molecule has 2 N–H and O–H groups in total. The summed E-state index contributed by atoms with van der Waals surface area (Å²) in [6, 6.07) is 7.36. The quantitative estimate of drug-likeness (QED) is 0.668. The molecule has 0 atom stereocenters. The molecule has 1 rings (SSSR count). The molecule has 0 radical (unpaired) electrons. The van der Waals surface area contributed by atoms with Gasteiger partial charge in [-0.15, -0.1) is 0 Å². The van der Waals surface area contributed by atoms with Crippen molar-refractivity contribution >= 4 is 15.8 Å². The number of methoxy groups -OCH3 is 1. The Labute approximate surface area is 125 Å². The van der Waals surface area contributed by atoms with E-state index in [2.05, 4.69) is 4.74 Å². The van der Waals surface area contributed by atoms with Crippen LogP contribution in [0.4, 0.5) is 0 Å². The second kappa shape index (κ2) is 8.63. The maximum Gasteiger partial charge on any atom is 0.306 e. The molecular formula is C14H21NO5S. The predicted octanol–water partition coefficient (Wildman–Crippen LogP) is 0.545. The third-order valence-electron chi connectivity index (χ3n) is 2.86. The minimum Gasteiger partial charge on any atom is -0.493 e. The summed E-state index contributed by atoms with van der Waals surface area (Å²) in [5.74, 6) is -0.276. The molecule has 0 fully saturated rings. The van der Waals surface area contributed by atoms with Gasteiger partial charge in [0.2, 0.25) is 0 Å². The second-order valence-corrected chi connectivity index (χ2v) is 6.81. The van der Waals surface area contributed by atoms with Gasteiger partial charge in [0.1, 0.15) is 12.4 Å². The Hall–Kier alpha value is -1.60. The highest BCUT2D eigenvalue weighted by molar-refractivity contribution is 7.91. The maximum atomic E-state index is 11.7. The molecule has 0 saturated carbocycles. The highest BCUT2D eigenvalue weighted by Crippen LogP contribution is 2.12. The van der Waals surface area contributed by atoms with Crippen LogP contribution in [0.15, 0.2) is 24.3 Å². The summed E-state index contributed by atoms with van der Waals surface area (Å²) in [6.07, 6.45) is 0.662. The molecule has 118 valence electrons. The Bertz CT molecular complexity index is 539. The Morgan fingerprint density at radius 2 is 1.86 bits per heavy atom. The number of hydrogen-bond donors (Lipinski definition) is 1. The third kappa shape index (κ3) is 7.10. The van der Waals surface area contributed by atoms with E-state index in [0.717, 1.165) is 12.0 Å². The Kier molecular flexibility index (Phi) is 7.18. The van der Waals surface area contributed by atoms with Crippen LogP contribution < -0.4 is 10.5 Å². The first-order chi connectivity index (χ1) is 9.96. The van der Waals surface area contributed by atoms with Gasteiger partial charge in [0.05, 0.1) is 25.0 Å². The molecule has 0 saturated heterocycles. The molecule has 0 amide bonds. The highest BCUT2D eigenvalue weighted by atomic mass is 32.2. The van der Waals surface area contributed by atoms with E-state index in [9.17, 15) is 13.2 Å². The number of esters is 1. The molecule has 0 heterocycles. The van der Waals surface area contributed by atoms with Crippen LogP contribution in [0.25, 0.3) is 0 Å². The number of nitrogens with two attached hydrogens (primary N) is 1. The van der Waals surface area contributed by atoms with Gasteiger partial charge < -0.3 is 15.2 Å². The lowest BCUT2D eigenvalue weighted by Crippen LogP contribution is -2.19. The minimum atomic E-state index is -3.32. The second-order valence-electron chi connectivity index (χ2n) is 4.51. The van der Waals surface area contributed by atoms with E-state index in [1.807, 2.05) is 12.1 Å².